The molecule has 2 N–H and O–H groups in total. The van der Waals surface area contributed by atoms with Crippen LogP contribution >= 0.6 is 11.6 Å². The highest BCUT2D eigenvalue weighted by Gasteiger charge is 2.16. The van der Waals surface area contributed by atoms with Gasteiger partial charge < -0.3 is 15.4 Å². The molecule has 86 valence electrons. The number of anilines is 1. The molecule has 2 rings (SSSR count). The quantitative estimate of drug-likeness (QED) is 0.789. The smallest absolute Gasteiger partial charge is 0.211 e. The Morgan fingerprint density at radius 1 is 1.56 bits per heavy atom. The highest BCUT2D eigenvalue weighted by atomic mass is 35.5. The first-order chi connectivity index (χ1) is 7.81. The van der Waals surface area contributed by atoms with Crippen molar-refractivity contribution in [3.05, 3.63) is 28.8 Å². The number of carbonyl (C=O) groups is 1. The fourth-order valence-electron chi connectivity index (χ4n) is 1.69. The second-order valence-electron chi connectivity index (χ2n) is 3.57. The van der Waals surface area contributed by atoms with E-state index in [0.29, 0.717) is 23.7 Å². The zero-order chi connectivity index (χ0) is 11.4. The molecule has 1 fully saturated rings. The summed E-state index contributed by atoms with van der Waals surface area (Å²) in [5.41, 5.74) is 1.64. The molecule has 0 aromatic heterocycles. The molecule has 0 saturated carbocycles. The summed E-state index contributed by atoms with van der Waals surface area (Å²) in [5, 5.41) is 6.32. The van der Waals surface area contributed by atoms with E-state index < -0.39 is 0 Å². The first kappa shape index (κ1) is 11.4. The molecule has 4 nitrogen and oxygen atoms in total. The Bertz CT molecular complexity index is 378. The summed E-state index contributed by atoms with van der Waals surface area (Å²) in [6, 6.07) is 5.52. The molecule has 0 radical (unpaired) electrons. The Hall–Kier alpha value is -1.10. The van der Waals surface area contributed by atoms with Gasteiger partial charge in [0.15, 0.2) is 0 Å². The highest BCUT2D eigenvalue weighted by molar-refractivity contribution is 6.33. The molecule has 16 heavy (non-hydrogen) atoms. The molecule has 1 aliphatic rings. The van der Waals surface area contributed by atoms with E-state index in [1.54, 1.807) is 6.07 Å². The Balaban J connectivity index is 2.16. The fourth-order valence-corrected chi connectivity index (χ4v) is 1.94. The number of benzene rings is 1. The van der Waals surface area contributed by atoms with Crippen molar-refractivity contribution >= 4 is 23.7 Å². The summed E-state index contributed by atoms with van der Waals surface area (Å²) >= 11 is 6.03. The van der Waals surface area contributed by atoms with Crippen LogP contribution in [0.5, 0.6) is 0 Å². The number of hydrogen-bond acceptors (Lipinski definition) is 3. The fraction of sp³-hybridized carbons (Fsp3) is 0.364. The summed E-state index contributed by atoms with van der Waals surface area (Å²) in [7, 11) is 0. The summed E-state index contributed by atoms with van der Waals surface area (Å²) in [6.07, 6.45) is 0.649. The molecule has 0 aliphatic carbocycles. The predicted octanol–water partition coefficient (Wildman–Crippen LogP) is 1.57. The monoisotopic (exact) mass is 240 g/mol. The molecule has 1 aromatic carbocycles. The molecule has 1 aliphatic heterocycles. The lowest BCUT2D eigenvalue weighted by atomic mass is 10.1. The standard InChI is InChI=1S/C11H13ClN2O2/c12-9-5-8(1-2-10(9)14-7-15)11-6-13-3-4-16-11/h1-2,5,7,11,13H,3-4,6H2,(H,14,15)/t11-/m1/s1. The third kappa shape index (κ3) is 2.52. The zero-order valence-corrected chi connectivity index (χ0v) is 9.46. The van der Waals surface area contributed by atoms with Crippen LogP contribution in [0.4, 0.5) is 5.69 Å². The number of halogens is 1. The number of ether oxygens (including phenoxy) is 1. The maximum atomic E-state index is 10.3. The van der Waals surface area contributed by atoms with Crippen LogP contribution in [0, 0.1) is 0 Å². The van der Waals surface area contributed by atoms with Crippen molar-refractivity contribution in [1.82, 2.24) is 5.32 Å². The van der Waals surface area contributed by atoms with E-state index in [1.165, 1.54) is 0 Å². The lowest BCUT2D eigenvalue weighted by Gasteiger charge is -2.24. The Morgan fingerprint density at radius 2 is 2.44 bits per heavy atom. The van der Waals surface area contributed by atoms with Crippen LogP contribution in [0.15, 0.2) is 18.2 Å². The predicted molar refractivity (Wildman–Crippen MR) is 62.7 cm³/mol. The third-order valence-corrected chi connectivity index (χ3v) is 2.82. The van der Waals surface area contributed by atoms with Crippen LogP contribution in [0.3, 0.4) is 0 Å². The van der Waals surface area contributed by atoms with Crippen LogP contribution in [-0.4, -0.2) is 26.1 Å². The van der Waals surface area contributed by atoms with E-state index in [9.17, 15) is 4.79 Å². The minimum atomic E-state index is 0.0385. The van der Waals surface area contributed by atoms with Gasteiger partial charge in [0.1, 0.15) is 0 Å². The van der Waals surface area contributed by atoms with Gasteiger partial charge in [0.05, 0.1) is 23.4 Å². The summed E-state index contributed by atoms with van der Waals surface area (Å²) in [6.45, 7) is 2.38. The molecule has 1 saturated heterocycles. The van der Waals surface area contributed by atoms with E-state index in [0.717, 1.165) is 18.7 Å². The number of carbonyl (C=O) groups excluding carboxylic acids is 1. The van der Waals surface area contributed by atoms with Gasteiger partial charge in [-0.2, -0.15) is 0 Å². The molecule has 1 amide bonds. The van der Waals surface area contributed by atoms with Crippen LogP contribution in [-0.2, 0) is 9.53 Å². The molecular formula is C11H13ClN2O2. The van der Waals surface area contributed by atoms with Crippen LogP contribution in [0.25, 0.3) is 0 Å². The molecule has 1 atom stereocenters. The van der Waals surface area contributed by atoms with Gasteiger partial charge in [-0.1, -0.05) is 17.7 Å². The molecule has 1 aromatic rings. The second-order valence-corrected chi connectivity index (χ2v) is 3.97. The molecule has 5 heteroatoms. The first-order valence-electron chi connectivity index (χ1n) is 5.13. The van der Waals surface area contributed by atoms with Crippen LogP contribution in [0.2, 0.25) is 5.02 Å². The van der Waals surface area contributed by atoms with E-state index in [1.807, 2.05) is 12.1 Å². The van der Waals surface area contributed by atoms with Crippen molar-refractivity contribution in [2.24, 2.45) is 0 Å². The van der Waals surface area contributed by atoms with Crippen molar-refractivity contribution in [2.45, 2.75) is 6.10 Å². The van der Waals surface area contributed by atoms with Gasteiger partial charge in [0.25, 0.3) is 0 Å². The highest BCUT2D eigenvalue weighted by Crippen LogP contribution is 2.27. The largest absolute Gasteiger partial charge is 0.371 e. The van der Waals surface area contributed by atoms with Gasteiger partial charge >= 0.3 is 0 Å². The van der Waals surface area contributed by atoms with Gasteiger partial charge in [0.2, 0.25) is 6.41 Å². The normalized spacial score (nSPS) is 20.4. The lowest BCUT2D eigenvalue weighted by Crippen LogP contribution is -2.33. The van der Waals surface area contributed by atoms with Crippen molar-refractivity contribution in [1.29, 1.82) is 0 Å². The van der Waals surface area contributed by atoms with E-state index in [4.69, 9.17) is 16.3 Å². The Labute approximate surface area is 98.9 Å². The summed E-state index contributed by atoms with van der Waals surface area (Å²) in [4.78, 5) is 10.3. The van der Waals surface area contributed by atoms with Crippen molar-refractivity contribution in [2.75, 3.05) is 25.0 Å². The van der Waals surface area contributed by atoms with Crippen molar-refractivity contribution in [3.63, 3.8) is 0 Å². The number of nitrogens with one attached hydrogen (secondary N) is 2. The SMILES string of the molecule is O=CNc1ccc([C@H]2CNCCO2)cc1Cl. The Kier molecular flexibility index (Phi) is 3.77. The third-order valence-electron chi connectivity index (χ3n) is 2.51. The molecule has 0 spiro atoms. The maximum absolute atomic E-state index is 10.3. The van der Waals surface area contributed by atoms with Gasteiger partial charge in [0, 0.05) is 13.1 Å². The van der Waals surface area contributed by atoms with E-state index in [2.05, 4.69) is 10.6 Å². The van der Waals surface area contributed by atoms with E-state index in [-0.39, 0.29) is 6.10 Å². The van der Waals surface area contributed by atoms with Crippen LogP contribution < -0.4 is 10.6 Å². The molecular weight excluding hydrogens is 228 g/mol. The molecule has 0 unspecified atom stereocenters. The maximum Gasteiger partial charge on any atom is 0.211 e. The average Bonchev–Trinajstić information content (AvgIpc) is 2.33. The van der Waals surface area contributed by atoms with Gasteiger partial charge in [-0.15, -0.1) is 0 Å². The zero-order valence-electron chi connectivity index (χ0n) is 8.70. The number of amides is 1. The minimum absolute atomic E-state index is 0.0385. The van der Waals surface area contributed by atoms with Crippen molar-refractivity contribution in [3.8, 4) is 0 Å². The average molecular weight is 241 g/mol. The van der Waals surface area contributed by atoms with Gasteiger partial charge in [-0.3, -0.25) is 4.79 Å². The molecule has 0 bridgehead atoms. The summed E-state index contributed by atoms with van der Waals surface area (Å²) in [5.74, 6) is 0. The molecule has 1 heterocycles. The van der Waals surface area contributed by atoms with Crippen LogP contribution in [0.1, 0.15) is 11.7 Å². The van der Waals surface area contributed by atoms with Gasteiger partial charge in [-0.05, 0) is 17.7 Å². The number of rotatable bonds is 3. The summed E-state index contributed by atoms with van der Waals surface area (Å²) < 4.78 is 5.61. The lowest BCUT2D eigenvalue weighted by molar-refractivity contribution is -0.105. The number of morpholine rings is 1. The Morgan fingerprint density at radius 3 is 3.06 bits per heavy atom. The number of hydrogen-bond donors (Lipinski definition) is 2. The van der Waals surface area contributed by atoms with Gasteiger partial charge in [-0.25, -0.2) is 0 Å². The first-order valence-corrected chi connectivity index (χ1v) is 5.51. The minimum Gasteiger partial charge on any atom is -0.371 e. The van der Waals surface area contributed by atoms with Crippen molar-refractivity contribution < 1.29 is 9.53 Å². The second kappa shape index (κ2) is 5.30. The van der Waals surface area contributed by atoms with E-state index >= 15 is 0 Å². The topological polar surface area (TPSA) is 50.4 Å².